The summed E-state index contributed by atoms with van der Waals surface area (Å²) in [6.07, 6.45) is 10.3. The highest BCUT2D eigenvalue weighted by Crippen LogP contribution is 2.29. The molecule has 0 radical (unpaired) electrons. The standard InChI is InChI=1S/C20H30BrClN2/c21-20-6-3-18(22)14-17(20)13-16-8-11-24(12-9-16)10-7-15-1-4-19(23)5-2-15/h3,6,14-16,19H,1-2,4-5,7-13,23H2. The highest BCUT2D eigenvalue weighted by atomic mass is 79.9. The van der Waals surface area contributed by atoms with E-state index in [2.05, 4.69) is 33.0 Å². The van der Waals surface area contributed by atoms with Gasteiger partial charge in [0.1, 0.15) is 0 Å². The van der Waals surface area contributed by atoms with E-state index in [-0.39, 0.29) is 0 Å². The molecule has 0 atom stereocenters. The van der Waals surface area contributed by atoms with Gasteiger partial charge in [-0.3, -0.25) is 0 Å². The number of hydrogen-bond acceptors (Lipinski definition) is 2. The number of hydrogen-bond donors (Lipinski definition) is 1. The Kier molecular flexibility index (Phi) is 7.03. The summed E-state index contributed by atoms with van der Waals surface area (Å²) in [7, 11) is 0. The summed E-state index contributed by atoms with van der Waals surface area (Å²) >= 11 is 9.81. The molecule has 4 heteroatoms. The number of nitrogens with two attached hydrogens (primary N) is 1. The maximum Gasteiger partial charge on any atom is 0.0409 e. The van der Waals surface area contributed by atoms with Gasteiger partial charge < -0.3 is 10.6 Å². The Morgan fingerprint density at radius 1 is 1.04 bits per heavy atom. The second-order valence-electron chi connectivity index (χ2n) is 7.79. The van der Waals surface area contributed by atoms with Gasteiger partial charge in [0.15, 0.2) is 0 Å². The van der Waals surface area contributed by atoms with Crippen LogP contribution in [-0.4, -0.2) is 30.6 Å². The first-order valence-corrected chi connectivity index (χ1v) is 10.7. The van der Waals surface area contributed by atoms with Crippen molar-refractivity contribution in [2.24, 2.45) is 17.6 Å². The number of halogens is 2. The first-order valence-electron chi connectivity index (χ1n) is 9.52. The molecule has 2 nitrogen and oxygen atoms in total. The molecular weight excluding hydrogens is 384 g/mol. The topological polar surface area (TPSA) is 29.3 Å². The normalized spacial score (nSPS) is 26.6. The third-order valence-electron chi connectivity index (χ3n) is 5.97. The smallest absolute Gasteiger partial charge is 0.0409 e. The van der Waals surface area contributed by atoms with Crippen molar-refractivity contribution in [1.82, 2.24) is 4.90 Å². The van der Waals surface area contributed by atoms with E-state index in [0.717, 1.165) is 23.3 Å². The number of piperidine rings is 1. The van der Waals surface area contributed by atoms with E-state index in [1.54, 1.807) is 0 Å². The van der Waals surface area contributed by atoms with Crippen LogP contribution in [0.15, 0.2) is 22.7 Å². The zero-order chi connectivity index (χ0) is 16.9. The molecule has 2 N–H and O–H groups in total. The molecule has 1 aliphatic carbocycles. The van der Waals surface area contributed by atoms with Gasteiger partial charge >= 0.3 is 0 Å². The first-order chi connectivity index (χ1) is 11.6. The zero-order valence-electron chi connectivity index (χ0n) is 14.5. The van der Waals surface area contributed by atoms with Crippen LogP contribution in [0.5, 0.6) is 0 Å². The Hall–Kier alpha value is -0.0900. The molecule has 0 amide bonds. The second kappa shape index (κ2) is 9.02. The summed E-state index contributed by atoms with van der Waals surface area (Å²) in [4.78, 5) is 2.68. The Labute approximate surface area is 160 Å². The summed E-state index contributed by atoms with van der Waals surface area (Å²) in [6.45, 7) is 3.80. The van der Waals surface area contributed by atoms with E-state index >= 15 is 0 Å². The van der Waals surface area contributed by atoms with Crippen molar-refractivity contribution in [1.29, 1.82) is 0 Å². The Morgan fingerprint density at radius 2 is 1.75 bits per heavy atom. The highest BCUT2D eigenvalue weighted by Gasteiger charge is 2.23. The summed E-state index contributed by atoms with van der Waals surface area (Å²) in [5, 5.41) is 0.845. The molecule has 0 bridgehead atoms. The summed E-state index contributed by atoms with van der Waals surface area (Å²) < 4.78 is 1.20. The molecule has 0 unspecified atom stereocenters. The molecule has 134 valence electrons. The SMILES string of the molecule is NC1CCC(CCN2CCC(Cc3cc(Cl)ccc3Br)CC2)CC1. The summed E-state index contributed by atoms with van der Waals surface area (Å²) in [6, 6.07) is 6.62. The van der Waals surface area contributed by atoms with Crippen molar-refractivity contribution in [3.8, 4) is 0 Å². The minimum absolute atomic E-state index is 0.475. The van der Waals surface area contributed by atoms with E-state index in [1.807, 2.05) is 6.07 Å². The fraction of sp³-hybridized carbons (Fsp3) is 0.700. The lowest BCUT2D eigenvalue weighted by Gasteiger charge is -2.34. The highest BCUT2D eigenvalue weighted by molar-refractivity contribution is 9.10. The third kappa shape index (κ3) is 5.45. The van der Waals surface area contributed by atoms with Crippen molar-refractivity contribution >= 4 is 27.5 Å². The van der Waals surface area contributed by atoms with E-state index in [4.69, 9.17) is 17.3 Å². The monoisotopic (exact) mass is 412 g/mol. The lowest BCUT2D eigenvalue weighted by atomic mass is 9.84. The van der Waals surface area contributed by atoms with Gasteiger partial charge in [0, 0.05) is 15.5 Å². The fourth-order valence-electron chi connectivity index (χ4n) is 4.27. The number of likely N-dealkylation sites (tertiary alicyclic amines) is 1. The average molecular weight is 414 g/mol. The third-order valence-corrected chi connectivity index (χ3v) is 6.98. The van der Waals surface area contributed by atoms with E-state index in [9.17, 15) is 0 Å². The van der Waals surface area contributed by atoms with Gasteiger partial charge in [-0.15, -0.1) is 0 Å². The van der Waals surface area contributed by atoms with Crippen LogP contribution >= 0.6 is 27.5 Å². The van der Waals surface area contributed by atoms with E-state index < -0.39 is 0 Å². The minimum Gasteiger partial charge on any atom is -0.328 e. The molecule has 1 heterocycles. The van der Waals surface area contributed by atoms with Gasteiger partial charge in [-0.05, 0) is 107 Å². The lowest BCUT2D eigenvalue weighted by Crippen LogP contribution is -2.36. The molecule has 0 spiro atoms. The van der Waals surface area contributed by atoms with E-state index in [0.29, 0.717) is 6.04 Å². The quantitative estimate of drug-likeness (QED) is 0.713. The van der Waals surface area contributed by atoms with Crippen molar-refractivity contribution in [2.45, 2.75) is 57.4 Å². The maximum atomic E-state index is 6.14. The van der Waals surface area contributed by atoms with Crippen molar-refractivity contribution < 1.29 is 0 Å². The molecular formula is C20H30BrClN2. The van der Waals surface area contributed by atoms with Gasteiger partial charge in [-0.2, -0.15) is 0 Å². The minimum atomic E-state index is 0.475. The molecule has 3 rings (SSSR count). The molecule has 2 aliphatic rings. The maximum absolute atomic E-state index is 6.14. The molecule has 1 aliphatic heterocycles. The number of rotatable bonds is 5. The van der Waals surface area contributed by atoms with Crippen molar-refractivity contribution in [3.63, 3.8) is 0 Å². The Bertz CT molecular complexity index is 520. The Balaban J connectivity index is 1.39. The van der Waals surface area contributed by atoms with Gasteiger partial charge in [0.25, 0.3) is 0 Å². The lowest BCUT2D eigenvalue weighted by molar-refractivity contribution is 0.165. The summed E-state index contributed by atoms with van der Waals surface area (Å²) in [5.41, 5.74) is 7.37. The van der Waals surface area contributed by atoms with Gasteiger partial charge in [-0.1, -0.05) is 27.5 Å². The number of nitrogens with zero attached hydrogens (tertiary/aromatic N) is 1. The number of benzene rings is 1. The van der Waals surface area contributed by atoms with Crippen LogP contribution in [0.3, 0.4) is 0 Å². The van der Waals surface area contributed by atoms with Crippen molar-refractivity contribution in [2.75, 3.05) is 19.6 Å². The second-order valence-corrected chi connectivity index (χ2v) is 9.09. The fourth-order valence-corrected chi connectivity index (χ4v) is 4.87. The van der Waals surface area contributed by atoms with Crippen LogP contribution < -0.4 is 5.73 Å². The Morgan fingerprint density at radius 3 is 2.46 bits per heavy atom. The van der Waals surface area contributed by atoms with Crippen molar-refractivity contribution in [3.05, 3.63) is 33.3 Å². The zero-order valence-corrected chi connectivity index (χ0v) is 16.9. The van der Waals surface area contributed by atoms with Gasteiger partial charge in [-0.25, -0.2) is 0 Å². The van der Waals surface area contributed by atoms with Gasteiger partial charge in [0.05, 0.1) is 0 Å². The molecule has 1 saturated carbocycles. The molecule has 2 fully saturated rings. The molecule has 1 aromatic rings. The largest absolute Gasteiger partial charge is 0.328 e. The van der Waals surface area contributed by atoms with Crippen LogP contribution in [0.25, 0.3) is 0 Å². The first kappa shape index (κ1) is 18.7. The molecule has 1 aromatic carbocycles. The van der Waals surface area contributed by atoms with Crippen LogP contribution in [0.2, 0.25) is 5.02 Å². The van der Waals surface area contributed by atoms with Crippen LogP contribution in [0.4, 0.5) is 0 Å². The predicted molar refractivity (Wildman–Crippen MR) is 107 cm³/mol. The summed E-state index contributed by atoms with van der Waals surface area (Å²) in [5.74, 6) is 1.72. The predicted octanol–water partition coefficient (Wildman–Crippen LogP) is 5.26. The van der Waals surface area contributed by atoms with Gasteiger partial charge in [0.2, 0.25) is 0 Å². The molecule has 0 aromatic heterocycles. The van der Waals surface area contributed by atoms with Crippen LogP contribution in [0, 0.1) is 11.8 Å². The van der Waals surface area contributed by atoms with Crippen LogP contribution in [0.1, 0.15) is 50.5 Å². The van der Waals surface area contributed by atoms with Crippen LogP contribution in [-0.2, 0) is 6.42 Å². The van der Waals surface area contributed by atoms with E-state index in [1.165, 1.54) is 74.6 Å². The molecule has 24 heavy (non-hydrogen) atoms. The average Bonchev–Trinajstić information content (AvgIpc) is 2.59. The molecule has 1 saturated heterocycles.